The van der Waals surface area contributed by atoms with Crippen LogP contribution in [0.5, 0.6) is 0 Å². The van der Waals surface area contributed by atoms with E-state index in [1.54, 1.807) is 29.3 Å². The van der Waals surface area contributed by atoms with Gasteiger partial charge in [-0.1, -0.05) is 32.6 Å². The summed E-state index contributed by atoms with van der Waals surface area (Å²) in [6, 6.07) is 2.83. The first kappa shape index (κ1) is 37.3. The first-order valence-corrected chi connectivity index (χ1v) is 18.5. The Kier molecular flexibility index (Phi) is 14.9. The van der Waals surface area contributed by atoms with Crippen molar-refractivity contribution in [2.24, 2.45) is 0 Å². The van der Waals surface area contributed by atoms with Gasteiger partial charge in [0.2, 0.25) is 5.95 Å². The van der Waals surface area contributed by atoms with Gasteiger partial charge in [-0.25, -0.2) is 14.5 Å². The summed E-state index contributed by atoms with van der Waals surface area (Å²) in [6.45, 7) is 12.9. The minimum absolute atomic E-state index is 0.102. The van der Waals surface area contributed by atoms with Gasteiger partial charge in [0.15, 0.2) is 34.2 Å². The van der Waals surface area contributed by atoms with Crippen molar-refractivity contribution in [2.45, 2.75) is 116 Å². The third kappa shape index (κ3) is 9.79. The van der Waals surface area contributed by atoms with Crippen LogP contribution < -0.4 is 10.9 Å². The van der Waals surface area contributed by atoms with E-state index in [0.29, 0.717) is 37.3 Å². The molecule has 1 unspecified atom stereocenters. The number of hydrogen-bond donors (Lipinski definition) is 2. The Morgan fingerprint density at radius 3 is 2.67 bits per heavy atom. The molecule has 0 amide bonds. The molecule has 2 N–H and O–H groups in total. The number of hydrogen-bond acceptors (Lipinski definition) is 12. The molecule has 4 rings (SSSR count). The minimum atomic E-state index is -1.52. The molecular weight excluding hydrogens is 726 g/mol. The van der Waals surface area contributed by atoms with Crippen LogP contribution in [0.4, 0.5) is 5.95 Å². The Labute approximate surface area is 287 Å². The molecular formula is C30H50IN8O6P. The molecule has 2 aliphatic rings. The van der Waals surface area contributed by atoms with Gasteiger partial charge < -0.3 is 19.1 Å². The second kappa shape index (κ2) is 18.3. The summed E-state index contributed by atoms with van der Waals surface area (Å²) in [6.07, 6.45) is 9.14. The summed E-state index contributed by atoms with van der Waals surface area (Å²) in [7, 11) is -1.52. The number of halogens is 1. The van der Waals surface area contributed by atoms with Crippen molar-refractivity contribution in [3.8, 4) is 6.07 Å². The highest BCUT2D eigenvalue weighted by Crippen LogP contribution is 2.47. The Morgan fingerprint density at radius 1 is 1.24 bits per heavy atom. The fraction of sp³-hybridized carbons (Fsp3) is 0.800. The lowest BCUT2D eigenvalue weighted by Crippen LogP contribution is -2.61. The average Bonchev–Trinajstić information content (AvgIpc) is 3.47. The van der Waals surface area contributed by atoms with E-state index < -0.39 is 20.4 Å². The number of aromatic amines is 1. The number of aromatic nitrogens is 4. The lowest BCUT2D eigenvalue weighted by molar-refractivity contribution is -0.271. The smallest absolute Gasteiger partial charge is 0.280 e. The van der Waals surface area contributed by atoms with Gasteiger partial charge in [-0.05, 0) is 47.0 Å². The van der Waals surface area contributed by atoms with Crippen molar-refractivity contribution in [1.82, 2.24) is 29.1 Å². The number of unbranched alkanes of at least 4 members (excludes halogenated alkanes) is 1. The first-order valence-electron chi connectivity index (χ1n) is 16.5. The minimum Gasteiger partial charge on any atom is -0.356 e. The molecule has 0 bridgehead atoms. The fourth-order valence-electron chi connectivity index (χ4n) is 6.29. The van der Waals surface area contributed by atoms with Gasteiger partial charge in [0.1, 0.15) is 18.4 Å². The zero-order valence-corrected chi connectivity index (χ0v) is 30.8. The van der Waals surface area contributed by atoms with Crippen LogP contribution >= 0.6 is 31.5 Å². The van der Waals surface area contributed by atoms with Crippen LogP contribution in [-0.2, 0) is 21.9 Å². The molecule has 0 radical (unpaired) electrons. The predicted molar refractivity (Wildman–Crippen MR) is 185 cm³/mol. The van der Waals surface area contributed by atoms with E-state index in [1.165, 1.54) is 19.3 Å². The van der Waals surface area contributed by atoms with Crippen LogP contribution in [0.2, 0.25) is 0 Å². The van der Waals surface area contributed by atoms with Crippen molar-refractivity contribution in [3.05, 3.63) is 16.7 Å². The number of nitrogens with one attached hydrogen (secondary N) is 2. The maximum atomic E-state index is 13.0. The number of morpholine rings is 1. The summed E-state index contributed by atoms with van der Waals surface area (Å²) in [5.41, 5.74) is -0.551. The Hall–Kier alpha value is -1.48. The molecule has 0 aromatic carbocycles. The molecule has 46 heavy (non-hydrogen) atoms. The number of ether oxygens (including phenoxy) is 1. The van der Waals surface area contributed by atoms with Gasteiger partial charge in [-0.3, -0.25) is 19.2 Å². The van der Waals surface area contributed by atoms with Crippen LogP contribution in [0.15, 0.2) is 11.1 Å². The molecule has 2 fully saturated rings. The van der Waals surface area contributed by atoms with Crippen molar-refractivity contribution in [2.75, 3.05) is 44.8 Å². The highest BCUT2D eigenvalue weighted by atomic mass is 127. The largest absolute Gasteiger partial charge is 0.356 e. The molecule has 3 atom stereocenters. The van der Waals surface area contributed by atoms with Crippen LogP contribution in [0.25, 0.3) is 11.2 Å². The van der Waals surface area contributed by atoms with Crippen LogP contribution in [0.1, 0.15) is 92.2 Å². The average molecular weight is 777 g/mol. The molecule has 14 nitrogen and oxygen atoms in total. The van der Waals surface area contributed by atoms with Crippen LogP contribution in [0, 0.1) is 11.3 Å². The predicted octanol–water partition coefficient (Wildman–Crippen LogP) is 5.82. The molecule has 258 valence electrons. The van der Waals surface area contributed by atoms with E-state index in [9.17, 15) is 10.1 Å². The Morgan fingerprint density at radius 2 is 2.00 bits per heavy atom. The Balaban J connectivity index is 1.70. The lowest BCUT2D eigenvalue weighted by Gasteiger charge is -2.49. The van der Waals surface area contributed by atoms with Gasteiger partial charge in [0, 0.05) is 37.8 Å². The summed E-state index contributed by atoms with van der Waals surface area (Å²) in [4.78, 5) is 33.1. The van der Waals surface area contributed by atoms with Crippen molar-refractivity contribution in [1.29, 1.82) is 5.26 Å². The number of nitrogens with zero attached hydrogens (tertiary/aromatic N) is 6. The normalized spacial score (nSPS) is 22.2. The van der Waals surface area contributed by atoms with Crippen molar-refractivity contribution >= 4 is 48.6 Å². The third-order valence-electron chi connectivity index (χ3n) is 8.39. The number of anilines is 1. The number of H-pyrrole nitrogens is 1. The van der Waals surface area contributed by atoms with E-state index in [-0.39, 0.29) is 49.4 Å². The summed E-state index contributed by atoms with van der Waals surface area (Å²) < 4.78 is 29.0. The SMILES string of the molecule is CCCCNc1nc2c(ncn2[C@H]2CN(C3CCCCC3)C[C@](COOI)(COP(OCCC#N)N(C(C)C)C(C)C)O2)c(=O)[nH]1. The van der Waals surface area contributed by atoms with Crippen LogP contribution in [0.3, 0.4) is 0 Å². The molecule has 16 heteroatoms. The maximum Gasteiger partial charge on any atom is 0.280 e. The first-order chi connectivity index (χ1) is 22.2. The number of nitriles is 1. The zero-order chi connectivity index (χ0) is 33.1. The van der Waals surface area contributed by atoms with Gasteiger partial charge in [0.25, 0.3) is 14.1 Å². The number of fused-ring (bicyclic) bond motifs is 1. The van der Waals surface area contributed by atoms with E-state index >= 15 is 0 Å². The lowest BCUT2D eigenvalue weighted by atomic mass is 9.92. The molecule has 2 aromatic heterocycles. The highest BCUT2D eigenvalue weighted by Gasteiger charge is 2.46. The van der Waals surface area contributed by atoms with Crippen molar-refractivity contribution in [3.63, 3.8) is 0 Å². The molecule has 0 spiro atoms. The molecule has 1 saturated heterocycles. The second-order valence-electron chi connectivity index (χ2n) is 12.6. The van der Waals surface area contributed by atoms with Crippen molar-refractivity contribution < 1.29 is 21.9 Å². The van der Waals surface area contributed by atoms with Gasteiger partial charge >= 0.3 is 0 Å². The molecule has 2 aromatic rings. The quantitative estimate of drug-likeness (QED) is 0.0617. The molecule has 1 saturated carbocycles. The summed E-state index contributed by atoms with van der Waals surface area (Å²) >= 11 is 1.72. The van der Waals surface area contributed by atoms with Gasteiger partial charge in [-0.15, -0.1) is 0 Å². The van der Waals surface area contributed by atoms with E-state index in [4.69, 9.17) is 26.9 Å². The number of imidazole rings is 1. The summed E-state index contributed by atoms with van der Waals surface area (Å²) in [5, 5.41) is 12.4. The molecule has 1 aliphatic heterocycles. The highest BCUT2D eigenvalue weighted by molar-refractivity contribution is 14.1. The standard InChI is InChI=1S/C30H50IN8O6P/c1-6-7-15-33-29-35-27-26(28(40)36-29)34-21-38(27)25-17-37(24-12-9-8-10-13-24)18-30(44-25,19-41-45-31)20-43-46(42-16-11-14-32)39(22(2)3)23(4)5/h21-25H,6-13,15-20H2,1-5H3,(H2,33,35,36,40)/t25-,30+,46?/m1/s1. The van der Waals surface area contributed by atoms with E-state index in [1.807, 2.05) is 4.57 Å². The maximum absolute atomic E-state index is 13.0. The second-order valence-corrected chi connectivity index (χ2v) is 14.5. The van der Waals surface area contributed by atoms with Crippen LogP contribution in [-0.4, -0.2) is 92.3 Å². The molecule has 3 heterocycles. The fourth-order valence-corrected chi connectivity index (χ4v) is 8.10. The monoisotopic (exact) mass is 776 g/mol. The third-order valence-corrected chi connectivity index (χ3v) is 10.7. The molecule has 1 aliphatic carbocycles. The Bertz CT molecular complexity index is 1310. The van der Waals surface area contributed by atoms with Gasteiger partial charge in [-0.2, -0.15) is 13.5 Å². The topological polar surface area (TPSA) is 152 Å². The summed E-state index contributed by atoms with van der Waals surface area (Å²) in [5.74, 6) is 0.409. The number of rotatable bonds is 18. The van der Waals surface area contributed by atoms with E-state index in [0.717, 1.165) is 25.7 Å². The van der Waals surface area contributed by atoms with E-state index in [2.05, 4.69) is 65.5 Å². The zero-order valence-electron chi connectivity index (χ0n) is 27.7. The van der Waals surface area contributed by atoms with Gasteiger partial charge in [0.05, 0.1) is 32.0 Å².